The van der Waals surface area contributed by atoms with Crippen molar-refractivity contribution in [1.29, 1.82) is 0 Å². The highest BCUT2D eigenvalue weighted by Crippen LogP contribution is 2.24. The Morgan fingerprint density at radius 3 is 2.67 bits per heavy atom. The zero-order valence-electron chi connectivity index (χ0n) is 15.4. The molecule has 27 heavy (non-hydrogen) atoms. The standard InChI is InChI=1S/C19H20N6O2/c1-4-5-10-23-17(26)15-16(22(3)19(23)27)21-18-24(15)11-12(2)25(18)14-9-7-6-8-13(14)20/h4-9,11H,10,20H2,1-3H3. The minimum absolute atomic E-state index is 0.219. The Hall–Kier alpha value is -3.55. The van der Waals surface area contributed by atoms with E-state index < -0.39 is 5.69 Å². The second-order valence-electron chi connectivity index (χ2n) is 6.45. The molecule has 1 aromatic carbocycles. The van der Waals surface area contributed by atoms with E-state index in [1.807, 2.05) is 48.9 Å². The maximum atomic E-state index is 13.0. The lowest BCUT2D eigenvalue weighted by Crippen LogP contribution is -2.39. The first-order chi connectivity index (χ1) is 13.0. The minimum Gasteiger partial charge on any atom is -0.397 e. The molecule has 0 amide bonds. The van der Waals surface area contributed by atoms with Gasteiger partial charge in [-0.25, -0.2) is 4.79 Å². The van der Waals surface area contributed by atoms with Gasteiger partial charge in [0.1, 0.15) is 0 Å². The molecule has 4 rings (SSSR count). The number of rotatable bonds is 3. The second-order valence-corrected chi connectivity index (χ2v) is 6.45. The highest BCUT2D eigenvalue weighted by Gasteiger charge is 2.20. The van der Waals surface area contributed by atoms with Crippen LogP contribution < -0.4 is 17.0 Å². The smallest absolute Gasteiger partial charge is 0.332 e. The summed E-state index contributed by atoms with van der Waals surface area (Å²) in [6.07, 6.45) is 5.41. The third-order valence-corrected chi connectivity index (χ3v) is 4.73. The summed E-state index contributed by atoms with van der Waals surface area (Å²) in [6, 6.07) is 7.46. The molecule has 3 aromatic heterocycles. The number of allylic oxidation sites excluding steroid dienone is 2. The number of nitrogens with zero attached hydrogens (tertiary/aromatic N) is 5. The number of nitrogens with two attached hydrogens (primary N) is 1. The number of hydrogen-bond acceptors (Lipinski definition) is 4. The topological polar surface area (TPSA) is 92.2 Å². The molecule has 0 aliphatic rings. The van der Waals surface area contributed by atoms with Crippen LogP contribution in [0.15, 0.2) is 52.2 Å². The number of hydrogen-bond donors (Lipinski definition) is 1. The Morgan fingerprint density at radius 2 is 1.96 bits per heavy atom. The quantitative estimate of drug-likeness (QED) is 0.441. The first-order valence-corrected chi connectivity index (χ1v) is 8.61. The Labute approximate surface area is 154 Å². The summed E-state index contributed by atoms with van der Waals surface area (Å²) in [7, 11) is 1.62. The van der Waals surface area contributed by atoms with Gasteiger partial charge in [-0.2, -0.15) is 4.98 Å². The molecule has 0 unspecified atom stereocenters. The monoisotopic (exact) mass is 364 g/mol. The molecule has 8 nitrogen and oxygen atoms in total. The van der Waals surface area contributed by atoms with E-state index in [1.54, 1.807) is 23.6 Å². The third kappa shape index (κ3) is 2.33. The van der Waals surface area contributed by atoms with Crippen molar-refractivity contribution in [3.05, 3.63) is 69.1 Å². The lowest BCUT2D eigenvalue weighted by atomic mass is 10.2. The van der Waals surface area contributed by atoms with Crippen LogP contribution in [0.2, 0.25) is 0 Å². The molecule has 3 heterocycles. The SMILES string of the molecule is CC=CCn1c(=O)c2c(nc3n(-c4ccccc4N)c(C)cn23)n(C)c1=O. The summed E-state index contributed by atoms with van der Waals surface area (Å²) in [5.41, 5.74) is 8.36. The molecule has 0 fully saturated rings. The van der Waals surface area contributed by atoms with Gasteiger partial charge >= 0.3 is 5.69 Å². The first kappa shape index (κ1) is 16.9. The molecule has 0 saturated carbocycles. The van der Waals surface area contributed by atoms with Crippen LogP contribution in [0.3, 0.4) is 0 Å². The predicted molar refractivity (Wildman–Crippen MR) is 105 cm³/mol. The van der Waals surface area contributed by atoms with Gasteiger partial charge in [0.2, 0.25) is 5.78 Å². The highest BCUT2D eigenvalue weighted by molar-refractivity contribution is 5.77. The number of imidazole rings is 2. The molecule has 0 aliphatic heterocycles. The van der Waals surface area contributed by atoms with Crippen molar-refractivity contribution < 1.29 is 0 Å². The molecule has 4 aromatic rings. The van der Waals surface area contributed by atoms with E-state index >= 15 is 0 Å². The molecule has 0 saturated heterocycles. The van der Waals surface area contributed by atoms with Gasteiger partial charge in [0.25, 0.3) is 5.56 Å². The van der Waals surface area contributed by atoms with Gasteiger partial charge in [0, 0.05) is 25.5 Å². The highest BCUT2D eigenvalue weighted by atomic mass is 16.2. The van der Waals surface area contributed by atoms with Crippen molar-refractivity contribution in [2.45, 2.75) is 20.4 Å². The van der Waals surface area contributed by atoms with E-state index in [0.717, 1.165) is 11.4 Å². The lowest BCUT2D eigenvalue weighted by molar-refractivity contribution is 0.666. The van der Waals surface area contributed by atoms with E-state index in [2.05, 4.69) is 4.98 Å². The summed E-state index contributed by atoms with van der Waals surface area (Å²) in [5, 5.41) is 0. The Kier molecular flexibility index (Phi) is 3.76. The Bertz CT molecular complexity index is 1330. The fraction of sp³-hybridized carbons (Fsp3) is 0.211. The van der Waals surface area contributed by atoms with E-state index in [1.165, 1.54) is 9.13 Å². The third-order valence-electron chi connectivity index (χ3n) is 4.73. The molecule has 0 radical (unpaired) electrons. The molecular weight excluding hydrogens is 344 g/mol. The van der Waals surface area contributed by atoms with Crippen LogP contribution in [0, 0.1) is 6.92 Å². The van der Waals surface area contributed by atoms with Crippen molar-refractivity contribution in [2.24, 2.45) is 7.05 Å². The number of anilines is 1. The molecular formula is C19H20N6O2. The lowest BCUT2D eigenvalue weighted by Gasteiger charge is -2.08. The number of para-hydroxylation sites is 2. The molecule has 138 valence electrons. The van der Waals surface area contributed by atoms with Crippen LogP contribution in [0.25, 0.3) is 22.6 Å². The molecule has 0 aliphatic carbocycles. The van der Waals surface area contributed by atoms with Gasteiger partial charge < -0.3 is 5.73 Å². The summed E-state index contributed by atoms with van der Waals surface area (Å²) < 4.78 is 6.22. The van der Waals surface area contributed by atoms with Gasteiger partial charge in [-0.1, -0.05) is 24.3 Å². The van der Waals surface area contributed by atoms with Crippen molar-refractivity contribution in [2.75, 3.05) is 5.73 Å². The molecule has 8 heteroatoms. The minimum atomic E-state index is -0.395. The zero-order valence-corrected chi connectivity index (χ0v) is 15.4. The van der Waals surface area contributed by atoms with Crippen molar-refractivity contribution in [3.8, 4) is 5.69 Å². The van der Waals surface area contributed by atoms with Gasteiger partial charge in [-0.15, -0.1) is 0 Å². The number of benzene rings is 1. The maximum absolute atomic E-state index is 13.0. The van der Waals surface area contributed by atoms with Gasteiger partial charge in [0.15, 0.2) is 11.2 Å². The molecule has 0 bridgehead atoms. The van der Waals surface area contributed by atoms with Crippen molar-refractivity contribution in [3.63, 3.8) is 0 Å². The number of fused-ring (bicyclic) bond motifs is 3. The van der Waals surface area contributed by atoms with Crippen LogP contribution in [0.1, 0.15) is 12.6 Å². The van der Waals surface area contributed by atoms with Crippen molar-refractivity contribution >= 4 is 22.6 Å². The number of aromatic nitrogens is 5. The van der Waals surface area contributed by atoms with E-state index in [4.69, 9.17) is 5.73 Å². The summed E-state index contributed by atoms with van der Waals surface area (Å²) >= 11 is 0. The average molecular weight is 364 g/mol. The molecule has 0 spiro atoms. The summed E-state index contributed by atoms with van der Waals surface area (Å²) in [4.78, 5) is 30.2. The average Bonchev–Trinajstić information content (AvgIpc) is 3.15. The number of nitrogen functional groups attached to an aromatic ring is 1. The van der Waals surface area contributed by atoms with Crippen LogP contribution in [0.4, 0.5) is 5.69 Å². The molecule has 2 N–H and O–H groups in total. The van der Waals surface area contributed by atoms with Gasteiger partial charge in [-0.3, -0.25) is 22.9 Å². The summed E-state index contributed by atoms with van der Waals surface area (Å²) in [5.74, 6) is 0.538. The van der Waals surface area contributed by atoms with Crippen LogP contribution in [-0.4, -0.2) is 23.1 Å². The van der Waals surface area contributed by atoms with Crippen molar-refractivity contribution in [1.82, 2.24) is 23.1 Å². The van der Waals surface area contributed by atoms with E-state index in [0.29, 0.717) is 22.6 Å². The first-order valence-electron chi connectivity index (χ1n) is 8.61. The largest absolute Gasteiger partial charge is 0.397 e. The fourth-order valence-corrected chi connectivity index (χ4v) is 3.37. The molecule has 0 atom stereocenters. The predicted octanol–water partition coefficient (Wildman–Crippen LogP) is 1.61. The van der Waals surface area contributed by atoms with E-state index in [-0.39, 0.29) is 12.1 Å². The van der Waals surface area contributed by atoms with Crippen LogP contribution in [-0.2, 0) is 13.6 Å². The summed E-state index contributed by atoms with van der Waals surface area (Å²) in [6.45, 7) is 3.99. The Balaban J connectivity index is 2.14. The normalized spacial score (nSPS) is 12.0. The zero-order chi connectivity index (χ0) is 19.3. The maximum Gasteiger partial charge on any atom is 0.332 e. The van der Waals surface area contributed by atoms with Gasteiger partial charge in [-0.05, 0) is 26.0 Å². The van der Waals surface area contributed by atoms with Crippen LogP contribution in [0.5, 0.6) is 0 Å². The Morgan fingerprint density at radius 1 is 1.22 bits per heavy atom. The number of aryl methyl sites for hydroxylation is 2. The van der Waals surface area contributed by atoms with Gasteiger partial charge in [0.05, 0.1) is 11.4 Å². The van der Waals surface area contributed by atoms with Crippen LogP contribution >= 0.6 is 0 Å². The van der Waals surface area contributed by atoms with E-state index in [9.17, 15) is 9.59 Å². The fourth-order valence-electron chi connectivity index (χ4n) is 3.37. The second kappa shape index (κ2) is 6.01.